The molecule has 0 unspecified atom stereocenters. The maximum Gasteiger partial charge on any atom is 0.433 e. The predicted molar refractivity (Wildman–Crippen MR) is 182 cm³/mol. The van der Waals surface area contributed by atoms with E-state index in [2.05, 4.69) is 16.5 Å². The number of alkyl halides is 3. The molecule has 260 valence electrons. The molecule has 0 spiro atoms. The van der Waals surface area contributed by atoms with E-state index in [4.69, 9.17) is 4.74 Å². The largest absolute Gasteiger partial charge is 0.433 e. The maximum atomic E-state index is 14.1. The van der Waals surface area contributed by atoms with E-state index in [1.165, 1.54) is 28.0 Å². The van der Waals surface area contributed by atoms with Crippen LogP contribution in [0.25, 0.3) is 6.08 Å². The Balaban J connectivity index is 1.62. The number of rotatable bonds is 14. The Labute approximate surface area is 285 Å². The molecule has 1 fully saturated rings. The molecule has 9 nitrogen and oxygen atoms in total. The lowest BCUT2D eigenvalue weighted by molar-refractivity contribution is -0.143. The second-order valence-corrected chi connectivity index (χ2v) is 11.8. The molecule has 3 aromatic rings. The minimum atomic E-state index is -4.58. The third kappa shape index (κ3) is 10.8. The van der Waals surface area contributed by atoms with Gasteiger partial charge in [-0.25, -0.2) is 0 Å². The van der Waals surface area contributed by atoms with Gasteiger partial charge in [0.15, 0.2) is 0 Å². The highest BCUT2D eigenvalue weighted by Crippen LogP contribution is 2.27. The standard InChI is InChI=1S/C37H42F3N5O4/c1-4-23-49-24-22-42(3)36(48)33(25-29-8-6-5-7-9-29)45(35(47)17-13-30-12-16-34(41-26-30)37(38,39)40)27-31-10-14-32(15-11-31)44-20-18-43(19-21-44)28(2)46/h4-17,26,33H,1,18-25,27H2,2-3H3/t33-/m0/s1. The van der Waals surface area contributed by atoms with Gasteiger partial charge in [-0.15, -0.1) is 6.58 Å². The molecule has 3 amide bonds. The average molecular weight is 678 g/mol. The Morgan fingerprint density at radius 3 is 2.27 bits per heavy atom. The minimum absolute atomic E-state index is 0.0536. The Hall–Kier alpha value is -4.97. The summed E-state index contributed by atoms with van der Waals surface area (Å²) in [7, 11) is 1.66. The SMILES string of the molecule is C=CCOCCN(C)C(=O)[C@H](Cc1ccccc1)N(Cc1ccc(N2CCN(C(C)=O)CC2)cc1)C(=O)C=Cc1ccc(C(F)(F)F)nc1. The van der Waals surface area contributed by atoms with Gasteiger partial charge < -0.3 is 24.3 Å². The van der Waals surface area contributed by atoms with Crippen LogP contribution < -0.4 is 4.90 Å². The van der Waals surface area contributed by atoms with Crippen molar-refractivity contribution < 1.29 is 32.3 Å². The second kappa shape index (κ2) is 17.4. The van der Waals surface area contributed by atoms with E-state index < -0.39 is 23.8 Å². The molecule has 49 heavy (non-hydrogen) atoms. The Morgan fingerprint density at radius 2 is 1.67 bits per heavy atom. The second-order valence-electron chi connectivity index (χ2n) is 11.8. The van der Waals surface area contributed by atoms with Gasteiger partial charge in [0.05, 0.1) is 13.2 Å². The zero-order valence-electron chi connectivity index (χ0n) is 27.8. The summed E-state index contributed by atoms with van der Waals surface area (Å²) in [4.78, 5) is 50.3. The summed E-state index contributed by atoms with van der Waals surface area (Å²) in [6.07, 6.45) is 0.971. The minimum Gasteiger partial charge on any atom is -0.376 e. The quantitative estimate of drug-likeness (QED) is 0.134. The number of halogens is 3. The van der Waals surface area contributed by atoms with Gasteiger partial charge in [-0.2, -0.15) is 13.2 Å². The molecule has 1 aliphatic heterocycles. The van der Waals surface area contributed by atoms with Crippen molar-refractivity contribution in [3.63, 3.8) is 0 Å². The van der Waals surface area contributed by atoms with Gasteiger partial charge >= 0.3 is 6.18 Å². The van der Waals surface area contributed by atoms with Gasteiger partial charge in [0.2, 0.25) is 17.7 Å². The van der Waals surface area contributed by atoms with Gasteiger partial charge in [-0.3, -0.25) is 19.4 Å². The van der Waals surface area contributed by atoms with Crippen LogP contribution in [0.4, 0.5) is 18.9 Å². The summed E-state index contributed by atoms with van der Waals surface area (Å²) in [6, 6.07) is 18.3. The number of ether oxygens (including phenoxy) is 1. The fourth-order valence-corrected chi connectivity index (χ4v) is 5.47. The fraction of sp³-hybridized carbons (Fsp3) is 0.351. The van der Waals surface area contributed by atoms with Gasteiger partial charge in [-0.05, 0) is 41.0 Å². The first-order valence-corrected chi connectivity index (χ1v) is 16.0. The van der Waals surface area contributed by atoms with Crippen molar-refractivity contribution in [3.8, 4) is 0 Å². The maximum absolute atomic E-state index is 14.1. The molecule has 0 radical (unpaired) electrons. The van der Waals surface area contributed by atoms with E-state index in [9.17, 15) is 27.6 Å². The van der Waals surface area contributed by atoms with Crippen LogP contribution in [0.1, 0.15) is 29.3 Å². The summed E-state index contributed by atoms with van der Waals surface area (Å²) in [5.41, 5.74) is 1.89. The number of carbonyl (C=O) groups is 3. The number of hydrogen-bond acceptors (Lipinski definition) is 6. The van der Waals surface area contributed by atoms with Crippen molar-refractivity contribution in [1.82, 2.24) is 19.7 Å². The van der Waals surface area contributed by atoms with Crippen molar-refractivity contribution >= 4 is 29.5 Å². The molecule has 1 saturated heterocycles. The summed E-state index contributed by atoms with van der Waals surface area (Å²) in [6.45, 7) is 8.88. The number of nitrogens with zero attached hydrogens (tertiary/aromatic N) is 5. The topological polar surface area (TPSA) is 86.3 Å². The summed E-state index contributed by atoms with van der Waals surface area (Å²) >= 11 is 0. The molecule has 4 rings (SSSR count). The van der Waals surface area contributed by atoms with Crippen molar-refractivity contribution in [1.29, 1.82) is 0 Å². The van der Waals surface area contributed by atoms with Gasteiger partial charge in [0, 0.05) is 77.6 Å². The van der Waals surface area contributed by atoms with E-state index >= 15 is 0 Å². The molecule has 0 saturated carbocycles. The zero-order valence-corrected chi connectivity index (χ0v) is 27.8. The Bertz CT molecular complexity index is 1570. The number of piperazine rings is 1. The average Bonchev–Trinajstić information content (AvgIpc) is 3.10. The molecule has 2 heterocycles. The number of amides is 3. The summed E-state index contributed by atoms with van der Waals surface area (Å²) < 4.78 is 44.6. The number of benzene rings is 2. The van der Waals surface area contributed by atoms with Crippen molar-refractivity contribution in [3.05, 3.63) is 114 Å². The third-order valence-electron chi connectivity index (χ3n) is 8.27. The molecule has 1 atom stereocenters. The molecular weight excluding hydrogens is 635 g/mol. The molecule has 2 aromatic carbocycles. The van der Waals surface area contributed by atoms with E-state index in [0.29, 0.717) is 44.9 Å². The summed E-state index contributed by atoms with van der Waals surface area (Å²) in [5.74, 6) is -0.725. The lowest BCUT2D eigenvalue weighted by atomic mass is 10.0. The van der Waals surface area contributed by atoms with Crippen molar-refractivity contribution in [2.75, 3.05) is 57.9 Å². The number of anilines is 1. The van der Waals surface area contributed by atoms with Crippen molar-refractivity contribution in [2.24, 2.45) is 0 Å². The highest BCUT2D eigenvalue weighted by Gasteiger charge is 2.33. The monoisotopic (exact) mass is 677 g/mol. The van der Waals surface area contributed by atoms with Crippen LogP contribution in [0.15, 0.2) is 91.7 Å². The molecular formula is C37H42F3N5O4. The van der Waals surface area contributed by atoms with Gasteiger partial charge in [0.25, 0.3) is 0 Å². The van der Waals surface area contributed by atoms with Crippen LogP contribution in [-0.2, 0) is 38.3 Å². The number of likely N-dealkylation sites (N-methyl/N-ethyl adjacent to an activating group) is 1. The molecule has 12 heteroatoms. The first-order valence-electron chi connectivity index (χ1n) is 16.0. The zero-order chi connectivity index (χ0) is 35.4. The smallest absolute Gasteiger partial charge is 0.376 e. The van der Waals surface area contributed by atoms with E-state index in [0.717, 1.165) is 29.1 Å². The van der Waals surface area contributed by atoms with E-state index in [-0.39, 0.29) is 31.4 Å². The molecule has 1 aromatic heterocycles. The van der Waals surface area contributed by atoms with Crippen LogP contribution >= 0.6 is 0 Å². The van der Waals surface area contributed by atoms with Crippen LogP contribution in [0.5, 0.6) is 0 Å². The number of pyridine rings is 1. The van der Waals surface area contributed by atoms with E-state index in [1.807, 2.05) is 59.5 Å². The third-order valence-corrected chi connectivity index (χ3v) is 8.27. The van der Waals surface area contributed by atoms with Crippen molar-refractivity contribution in [2.45, 2.75) is 32.1 Å². The number of carbonyl (C=O) groups excluding carboxylic acids is 3. The number of hydrogen-bond donors (Lipinski definition) is 0. The predicted octanol–water partition coefficient (Wildman–Crippen LogP) is 5.08. The number of aromatic nitrogens is 1. The summed E-state index contributed by atoms with van der Waals surface area (Å²) in [5, 5.41) is 0. The Kier molecular flexibility index (Phi) is 13.1. The Morgan fingerprint density at radius 1 is 0.980 bits per heavy atom. The first-order chi connectivity index (χ1) is 23.5. The van der Waals surface area contributed by atoms with E-state index in [1.54, 1.807) is 20.0 Å². The molecule has 0 N–H and O–H groups in total. The van der Waals surface area contributed by atoms with Gasteiger partial charge in [0.1, 0.15) is 11.7 Å². The highest BCUT2D eigenvalue weighted by atomic mass is 19.4. The van der Waals surface area contributed by atoms with Crippen LogP contribution in [0.2, 0.25) is 0 Å². The normalized spacial score (nSPS) is 14.1. The lowest BCUT2D eigenvalue weighted by Gasteiger charge is -2.36. The fourth-order valence-electron chi connectivity index (χ4n) is 5.47. The molecule has 0 aliphatic carbocycles. The highest BCUT2D eigenvalue weighted by molar-refractivity contribution is 5.95. The first kappa shape index (κ1) is 36.9. The van der Waals surface area contributed by atoms with Crippen LogP contribution in [-0.4, -0.2) is 96.4 Å². The molecule has 1 aliphatic rings. The van der Waals surface area contributed by atoms with Crippen LogP contribution in [0, 0.1) is 0 Å². The lowest BCUT2D eigenvalue weighted by Crippen LogP contribution is -2.51. The van der Waals surface area contributed by atoms with Gasteiger partial charge in [-0.1, -0.05) is 54.6 Å². The van der Waals surface area contributed by atoms with Crippen LogP contribution in [0.3, 0.4) is 0 Å². The molecule has 0 bridgehead atoms.